The fourth-order valence-corrected chi connectivity index (χ4v) is 5.32. The van der Waals surface area contributed by atoms with Crippen molar-refractivity contribution in [1.29, 1.82) is 0 Å². The van der Waals surface area contributed by atoms with E-state index in [-0.39, 0.29) is 24.2 Å². The molecule has 1 saturated heterocycles. The van der Waals surface area contributed by atoms with Crippen LogP contribution in [-0.2, 0) is 4.79 Å². The molecule has 1 amide bonds. The molecule has 0 aromatic heterocycles. The second-order valence-corrected chi connectivity index (χ2v) is 9.94. The molecule has 3 heterocycles. The summed E-state index contributed by atoms with van der Waals surface area (Å²) in [6.07, 6.45) is 5.12. The van der Waals surface area contributed by atoms with E-state index in [2.05, 4.69) is 69.4 Å². The number of amides is 1. The largest absolute Gasteiger partial charge is 0.325 e. The molecule has 33 heavy (non-hydrogen) atoms. The van der Waals surface area contributed by atoms with Crippen molar-refractivity contribution in [3.63, 3.8) is 0 Å². The molecule has 7 nitrogen and oxygen atoms in total. The minimum absolute atomic E-state index is 0.0280. The number of aryl methyl sites for hydroxylation is 3. The first-order valence-electron chi connectivity index (χ1n) is 11.3. The summed E-state index contributed by atoms with van der Waals surface area (Å²) in [5.74, 6) is 0.280. The zero-order valence-corrected chi connectivity index (χ0v) is 20.2. The Morgan fingerprint density at radius 3 is 2.79 bits per heavy atom. The number of nitrogens with one attached hydrogen (secondary N) is 3. The maximum Gasteiger partial charge on any atom is 0.234 e. The van der Waals surface area contributed by atoms with Gasteiger partial charge in [0.1, 0.15) is 6.17 Å². The van der Waals surface area contributed by atoms with Gasteiger partial charge in [0.15, 0.2) is 5.17 Å². The summed E-state index contributed by atoms with van der Waals surface area (Å²) in [6, 6.07) is 13.2. The molecule has 3 aliphatic rings. The highest BCUT2D eigenvalue weighted by Crippen LogP contribution is 2.35. The van der Waals surface area contributed by atoms with Crippen molar-refractivity contribution >= 4 is 28.5 Å². The van der Waals surface area contributed by atoms with Crippen molar-refractivity contribution in [2.45, 2.75) is 52.4 Å². The Kier molecular flexibility index (Phi) is 5.80. The molecule has 0 saturated carbocycles. The average molecular weight is 463 g/mol. The molecular formula is C25H30N6OS. The number of fused-ring (bicyclic) bond motifs is 3. The predicted molar refractivity (Wildman–Crippen MR) is 134 cm³/mol. The quantitative estimate of drug-likeness (QED) is 0.640. The van der Waals surface area contributed by atoms with E-state index in [0.29, 0.717) is 5.75 Å². The highest BCUT2D eigenvalue weighted by molar-refractivity contribution is 8.14. The topological polar surface area (TPSA) is 72.0 Å². The highest BCUT2D eigenvalue weighted by Gasteiger charge is 2.44. The van der Waals surface area contributed by atoms with Crippen LogP contribution in [0.4, 0.5) is 5.69 Å². The molecule has 0 radical (unpaired) electrons. The Morgan fingerprint density at radius 2 is 1.97 bits per heavy atom. The molecule has 3 aliphatic heterocycles. The Hall–Kier alpha value is -2.97. The second kappa shape index (κ2) is 8.76. The zero-order chi connectivity index (χ0) is 23.1. The fraction of sp³-hybridized carbons (Fsp3) is 0.360. The summed E-state index contributed by atoms with van der Waals surface area (Å²) in [6.45, 7) is 8.38. The number of hydrogen-bond donors (Lipinski definition) is 3. The normalized spacial score (nSPS) is 23.2. The standard InChI is InChI=1S/C25H30N6OS/c1-15-8-9-19(12-17(15)3)21-13-22-24-27-28-25(30(24)10-11-31(22)29-21)33-14-23(32)26-20-7-5-6-16(2)18(20)4/h5-12,21-22,24,27,29H,13-14H2,1-4H3,(H,26,32). The Bertz CT molecular complexity index is 1150. The third-order valence-electron chi connectivity index (χ3n) is 6.85. The monoisotopic (exact) mass is 462 g/mol. The number of benzene rings is 2. The second-order valence-electron chi connectivity index (χ2n) is 8.99. The van der Waals surface area contributed by atoms with E-state index < -0.39 is 0 Å². The van der Waals surface area contributed by atoms with Crippen LogP contribution >= 0.6 is 11.8 Å². The van der Waals surface area contributed by atoms with Crippen molar-refractivity contribution in [3.05, 3.63) is 76.6 Å². The van der Waals surface area contributed by atoms with Gasteiger partial charge in [-0.25, -0.2) is 5.43 Å². The van der Waals surface area contributed by atoms with Gasteiger partial charge >= 0.3 is 0 Å². The number of rotatable bonds is 4. The molecule has 172 valence electrons. The lowest BCUT2D eigenvalue weighted by molar-refractivity contribution is -0.113. The number of anilines is 1. The molecule has 2 aromatic carbocycles. The van der Waals surface area contributed by atoms with E-state index in [0.717, 1.165) is 22.8 Å². The van der Waals surface area contributed by atoms with Crippen molar-refractivity contribution in [2.75, 3.05) is 11.1 Å². The van der Waals surface area contributed by atoms with Gasteiger partial charge in [0.05, 0.1) is 17.8 Å². The van der Waals surface area contributed by atoms with E-state index >= 15 is 0 Å². The van der Waals surface area contributed by atoms with Gasteiger partial charge in [0.2, 0.25) is 5.91 Å². The molecule has 1 fully saturated rings. The maximum absolute atomic E-state index is 12.6. The summed E-state index contributed by atoms with van der Waals surface area (Å²) in [5.41, 5.74) is 14.0. The number of hydrazone groups is 1. The number of carbonyl (C=O) groups excluding carboxylic acids is 1. The summed E-state index contributed by atoms with van der Waals surface area (Å²) >= 11 is 1.45. The summed E-state index contributed by atoms with van der Waals surface area (Å²) in [4.78, 5) is 14.7. The molecule has 5 rings (SSSR count). The van der Waals surface area contributed by atoms with Crippen LogP contribution in [0.2, 0.25) is 0 Å². The maximum atomic E-state index is 12.6. The number of hydrazine groups is 1. The molecular weight excluding hydrogens is 432 g/mol. The average Bonchev–Trinajstić information content (AvgIpc) is 3.41. The van der Waals surface area contributed by atoms with Gasteiger partial charge in [-0.2, -0.15) is 5.10 Å². The van der Waals surface area contributed by atoms with Gasteiger partial charge in [-0.1, -0.05) is 42.1 Å². The van der Waals surface area contributed by atoms with Crippen molar-refractivity contribution < 1.29 is 4.79 Å². The number of thioether (sulfide) groups is 1. The molecule has 3 atom stereocenters. The van der Waals surface area contributed by atoms with E-state index in [1.54, 1.807) is 0 Å². The lowest BCUT2D eigenvalue weighted by atomic mass is 9.97. The van der Waals surface area contributed by atoms with Gasteiger partial charge in [-0.15, -0.1) is 0 Å². The van der Waals surface area contributed by atoms with Gasteiger partial charge < -0.3 is 15.2 Å². The highest BCUT2D eigenvalue weighted by atomic mass is 32.2. The number of amidine groups is 1. The fourth-order valence-electron chi connectivity index (χ4n) is 4.55. The minimum atomic E-state index is -0.0280. The van der Waals surface area contributed by atoms with E-state index in [4.69, 9.17) is 0 Å². The third kappa shape index (κ3) is 4.20. The molecule has 8 heteroatoms. The zero-order valence-electron chi connectivity index (χ0n) is 19.4. The van der Waals surface area contributed by atoms with Crippen LogP contribution in [-0.4, -0.2) is 38.9 Å². The first-order chi connectivity index (χ1) is 15.9. The van der Waals surface area contributed by atoms with E-state index in [1.807, 2.05) is 38.2 Å². The minimum Gasteiger partial charge on any atom is -0.325 e. The number of carbonyl (C=O) groups is 1. The summed E-state index contributed by atoms with van der Waals surface area (Å²) in [5, 5.41) is 10.6. The lowest BCUT2D eigenvalue weighted by Gasteiger charge is -2.36. The van der Waals surface area contributed by atoms with Gasteiger partial charge in [-0.3, -0.25) is 10.2 Å². The van der Waals surface area contributed by atoms with Crippen LogP contribution in [0, 0.1) is 27.7 Å². The lowest BCUT2D eigenvalue weighted by Crippen LogP contribution is -2.54. The Morgan fingerprint density at radius 1 is 1.12 bits per heavy atom. The predicted octanol–water partition coefficient (Wildman–Crippen LogP) is 3.90. The SMILES string of the molecule is Cc1ccc(C2CC3C4NN=C(SCC(=O)Nc5cccc(C)c5C)N4C=CN3N2)cc1C. The summed E-state index contributed by atoms with van der Waals surface area (Å²) in [7, 11) is 0. The third-order valence-corrected chi connectivity index (χ3v) is 7.82. The van der Waals surface area contributed by atoms with Crippen molar-refractivity contribution in [3.8, 4) is 0 Å². The summed E-state index contributed by atoms with van der Waals surface area (Å²) < 4.78 is 0. The molecule has 0 bridgehead atoms. The van der Waals surface area contributed by atoms with Gasteiger partial charge in [-0.05, 0) is 68.0 Å². The molecule has 0 aliphatic carbocycles. The molecule has 3 N–H and O–H groups in total. The van der Waals surface area contributed by atoms with Crippen LogP contribution in [0.15, 0.2) is 53.9 Å². The molecule has 0 spiro atoms. The van der Waals surface area contributed by atoms with Gasteiger partial charge in [0.25, 0.3) is 0 Å². The van der Waals surface area contributed by atoms with E-state index in [1.165, 1.54) is 34.0 Å². The van der Waals surface area contributed by atoms with Crippen molar-refractivity contribution in [2.24, 2.45) is 5.10 Å². The van der Waals surface area contributed by atoms with Crippen LogP contribution in [0.1, 0.15) is 40.3 Å². The molecule has 3 unspecified atom stereocenters. The van der Waals surface area contributed by atoms with Crippen LogP contribution in [0.3, 0.4) is 0 Å². The number of hydrogen-bond acceptors (Lipinski definition) is 7. The van der Waals surface area contributed by atoms with Crippen LogP contribution < -0.4 is 16.2 Å². The Labute approximate surface area is 199 Å². The van der Waals surface area contributed by atoms with Crippen LogP contribution in [0.25, 0.3) is 0 Å². The first kappa shape index (κ1) is 21.9. The first-order valence-corrected chi connectivity index (χ1v) is 12.3. The number of nitrogens with zero attached hydrogens (tertiary/aromatic N) is 3. The van der Waals surface area contributed by atoms with Gasteiger partial charge in [0, 0.05) is 18.1 Å². The Balaban J connectivity index is 1.20. The smallest absolute Gasteiger partial charge is 0.234 e. The van der Waals surface area contributed by atoms with E-state index in [9.17, 15) is 4.79 Å². The van der Waals surface area contributed by atoms with Crippen LogP contribution in [0.5, 0.6) is 0 Å². The molecule has 2 aromatic rings. The van der Waals surface area contributed by atoms with Crippen molar-refractivity contribution in [1.82, 2.24) is 20.8 Å².